The van der Waals surface area contributed by atoms with Crippen molar-refractivity contribution in [2.75, 3.05) is 95.1 Å². The van der Waals surface area contributed by atoms with Crippen molar-refractivity contribution in [1.29, 1.82) is 0 Å². The minimum atomic E-state index is -2.27. The van der Waals surface area contributed by atoms with E-state index in [1.165, 1.54) is 0 Å². The summed E-state index contributed by atoms with van der Waals surface area (Å²) in [5.41, 5.74) is 12.6. The monoisotopic (exact) mass is 976 g/mol. The van der Waals surface area contributed by atoms with E-state index in [1.54, 1.807) is 14.2 Å². The van der Waals surface area contributed by atoms with Crippen molar-refractivity contribution in [2.45, 2.75) is 13.8 Å². The third-order valence-electron chi connectivity index (χ3n) is 10.7. The van der Waals surface area contributed by atoms with Gasteiger partial charge in [-0.25, -0.2) is 0 Å². The SMILES string of the molecule is COCCOCC#C[B-]1(C#CCOCCOC)n2c(/C=C/c3ccc(C#CCN(C)C)cc3)cc(C)c2C(c2ccc(I)cc2)=C2C(C)=CC(/C=C/c3ccc(C#CCN(C)C)cc3)=[N+]21. The predicted octanol–water partition coefficient (Wildman–Crippen LogP) is 8.00. The second kappa shape index (κ2) is 24.0. The Kier molecular flexibility index (Phi) is 18.1. The van der Waals surface area contributed by atoms with Crippen LogP contribution in [-0.2, 0) is 18.9 Å². The maximum absolute atomic E-state index is 5.98. The fraction of sp³-hybridized carbons (Fsp3) is 0.291. The van der Waals surface area contributed by atoms with Gasteiger partial charge in [0, 0.05) is 58.0 Å². The minimum absolute atomic E-state index is 0.210. The lowest BCUT2D eigenvalue weighted by molar-refractivity contribution is -0.328. The Morgan fingerprint density at radius 2 is 1.18 bits per heavy atom. The van der Waals surface area contributed by atoms with Crippen molar-refractivity contribution in [3.05, 3.63) is 151 Å². The van der Waals surface area contributed by atoms with Crippen LogP contribution < -0.4 is 0 Å². The van der Waals surface area contributed by atoms with E-state index in [9.17, 15) is 0 Å². The van der Waals surface area contributed by atoms with E-state index in [-0.39, 0.29) is 13.2 Å². The molecule has 2 aliphatic rings. The molecule has 0 atom stereocenters. The molecule has 2 aliphatic heterocycles. The number of halogens is 1. The Balaban J connectivity index is 1.60. The summed E-state index contributed by atoms with van der Waals surface area (Å²) >= 11 is 2.37. The van der Waals surface area contributed by atoms with Gasteiger partial charge in [-0.05, 0) is 141 Å². The molecule has 4 aromatic rings. The highest BCUT2D eigenvalue weighted by Gasteiger charge is 2.51. The maximum atomic E-state index is 5.98. The number of fused-ring (bicyclic) bond motifs is 2. The molecule has 3 aromatic carbocycles. The zero-order valence-corrected chi connectivity index (χ0v) is 41.1. The van der Waals surface area contributed by atoms with Crippen LogP contribution in [0, 0.1) is 57.7 Å². The molecule has 0 fully saturated rings. The molecule has 8 nitrogen and oxygen atoms in total. The van der Waals surface area contributed by atoms with Crippen LogP contribution in [0.1, 0.15) is 51.7 Å². The minimum Gasteiger partial charge on any atom is -0.432 e. The lowest BCUT2D eigenvalue weighted by Crippen LogP contribution is -2.57. The van der Waals surface area contributed by atoms with Crippen molar-refractivity contribution in [3.63, 3.8) is 0 Å². The standard InChI is InChI=1S/C55H58BIN4O4/c1-43-41-51(29-23-47-19-15-45(16-20-47)13-9-33-58(3)4)60-54(43)53(49-25-27-50(57)28-26-49)55-44(2)42-52(30-24-48-21-17-46(18-22-48)14-10-34-59(5)6)61(55)56(60,31-11-35-64-39-37-62-7)32-12-36-65-40-38-63-8/h15-30,41-42H,33-40H2,1-8H3/b29-23+,30-24+. The van der Waals surface area contributed by atoms with E-state index < -0.39 is 6.42 Å². The molecular formula is C55H58BIN4O4. The molecule has 0 amide bonds. The summed E-state index contributed by atoms with van der Waals surface area (Å²) < 4.78 is 28.4. The van der Waals surface area contributed by atoms with Gasteiger partial charge in [0.1, 0.15) is 13.2 Å². The Hall–Kier alpha value is -5.64. The van der Waals surface area contributed by atoms with E-state index in [0.29, 0.717) is 39.5 Å². The summed E-state index contributed by atoms with van der Waals surface area (Å²) in [7, 11) is 11.4. The number of methoxy groups -OCH3 is 2. The van der Waals surface area contributed by atoms with Gasteiger partial charge in [0.2, 0.25) is 0 Å². The summed E-state index contributed by atoms with van der Waals surface area (Å²) in [6.07, 6.45) is 8.65. The fourth-order valence-electron chi connectivity index (χ4n) is 7.68. The zero-order valence-electron chi connectivity index (χ0n) is 38.9. The fourth-order valence-corrected chi connectivity index (χ4v) is 8.04. The first-order chi connectivity index (χ1) is 31.5. The number of hydrogen-bond acceptors (Lipinski definition) is 6. The average Bonchev–Trinajstić information content (AvgIpc) is 3.81. The number of ether oxygens (including phenoxy) is 4. The molecular weight excluding hydrogens is 918 g/mol. The van der Waals surface area contributed by atoms with E-state index in [0.717, 1.165) is 70.9 Å². The van der Waals surface area contributed by atoms with Crippen molar-refractivity contribution in [3.8, 4) is 47.2 Å². The van der Waals surface area contributed by atoms with Gasteiger partial charge in [-0.15, -0.1) is 11.8 Å². The van der Waals surface area contributed by atoms with Gasteiger partial charge < -0.3 is 27.9 Å². The van der Waals surface area contributed by atoms with E-state index in [4.69, 9.17) is 18.9 Å². The molecule has 0 radical (unpaired) electrons. The Morgan fingerprint density at radius 3 is 1.69 bits per heavy atom. The average molecular weight is 977 g/mol. The van der Waals surface area contributed by atoms with Crippen LogP contribution in [0.5, 0.6) is 0 Å². The highest BCUT2D eigenvalue weighted by molar-refractivity contribution is 14.1. The Morgan fingerprint density at radius 1 is 0.662 bits per heavy atom. The molecule has 3 heterocycles. The summed E-state index contributed by atoms with van der Waals surface area (Å²) in [6.45, 7) is 8.01. The molecule has 0 bridgehead atoms. The normalized spacial score (nSPS) is 13.8. The third kappa shape index (κ3) is 12.8. The molecule has 0 saturated heterocycles. The van der Waals surface area contributed by atoms with Crippen LogP contribution in [0.25, 0.3) is 23.8 Å². The van der Waals surface area contributed by atoms with Gasteiger partial charge in [-0.2, -0.15) is 11.6 Å². The second-order valence-electron chi connectivity index (χ2n) is 16.3. The lowest BCUT2D eigenvalue weighted by Gasteiger charge is -2.39. The summed E-state index contributed by atoms with van der Waals surface area (Å²) in [6, 6.07) is 27.7. The first kappa shape index (κ1) is 48.8. The molecule has 0 saturated carbocycles. The van der Waals surface area contributed by atoms with E-state index >= 15 is 0 Å². The number of allylic oxidation sites excluding steroid dienone is 3. The van der Waals surface area contributed by atoms with Gasteiger partial charge in [0.15, 0.2) is 11.4 Å². The number of aromatic nitrogens is 1. The number of rotatable bonds is 15. The number of aryl methyl sites for hydroxylation is 1. The summed E-state index contributed by atoms with van der Waals surface area (Å²) in [4.78, 5) is 4.12. The first-order valence-electron chi connectivity index (χ1n) is 21.8. The predicted molar refractivity (Wildman–Crippen MR) is 277 cm³/mol. The van der Waals surface area contributed by atoms with Gasteiger partial charge >= 0.3 is 6.42 Å². The van der Waals surface area contributed by atoms with Crippen LogP contribution in [0.4, 0.5) is 0 Å². The number of nitrogens with zero attached hydrogens (tertiary/aromatic N) is 4. The maximum Gasteiger partial charge on any atom is 0.520 e. The van der Waals surface area contributed by atoms with E-state index in [2.05, 4.69) is 212 Å². The molecule has 0 aliphatic carbocycles. The van der Waals surface area contributed by atoms with Crippen LogP contribution in [0.15, 0.2) is 102 Å². The largest absolute Gasteiger partial charge is 0.520 e. The Labute approximate surface area is 400 Å². The topological polar surface area (TPSA) is 51.3 Å². The van der Waals surface area contributed by atoms with Crippen LogP contribution >= 0.6 is 22.6 Å². The molecule has 0 unspecified atom stereocenters. The molecule has 6 rings (SSSR count). The van der Waals surface area contributed by atoms with Crippen molar-refractivity contribution in [1.82, 2.24) is 14.3 Å². The van der Waals surface area contributed by atoms with Gasteiger partial charge in [-0.3, -0.25) is 9.80 Å². The molecule has 10 heteroatoms. The third-order valence-corrected chi connectivity index (χ3v) is 11.4. The van der Waals surface area contributed by atoms with Gasteiger partial charge in [0.25, 0.3) is 0 Å². The van der Waals surface area contributed by atoms with Crippen LogP contribution in [0.3, 0.4) is 0 Å². The number of hydrogen-bond donors (Lipinski definition) is 0. The smallest absolute Gasteiger partial charge is 0.432 e. The quantitative estimate of drug-likeness (QED) is 0.0522. The summed E-state index contributed by atoms with van der Waals surface area (Å²) in [5.74, 6) is 27.5. The summed E-state index contributed by atoms with van der Waals surface area (Å²) in [5, 5.41) is 0. The zero-order chi connectivity index (χ0) is 46.2. The highest BCUT2D eigenvalue weighted by Crippen LogP contribution is 2.44. The first-order valence-corrected chi connectivity index (χ1v) is 22.8. The molecule has 0 spiro atoms. The van der Waals surface area contributed by atoms with Crippen molar-refractivity contribution >= 4 is 58.5 Å². The van der Waals surface area contributed by atoms with Crippen molar-refractivity contribution < 1.29 is 23.4 Å². The molecule has 332 valence electrons. The lowest BCUT2D eigenvalue weighted by atomic mass is 9.45. The van der Waals surface area contributed by atoms with Crippen LogP contribution in [-0.4, -0.2) is 126 Å². The molecule has 1 aromatic heterocycles. The highest BCUT2D eigenvalue weighted by atomic mass is 127. The second-order valence-corrected chi connectivity index (χ2v) is 17.6. The number of benzene rings is 3. The van der Waals surface area contributed by atoms with Gasteiger partial charge in [-0.1, -0.05) is 66.2 Å². The Bertz CT molecular complexity index is 2700. The molecule has 65 heavy (non-hydrogen) atoms. The molecule has 0 N–H and O–H groups in total. The van der Waals surface area contributed by atoms with E-state index in [1.807, 2.05) is 28.2 Å². The van der Waals surface area contributed by atoms with Crippen LogP contribution in [0.2, 0.25) is 0 Å². The van der Waals surface area contributed by atoms with Gasteiger partial charge in [0.05, 0.1) is 45.1 Å². The van der Waals surface area contributed by atoms with Crippen molar-refractivity contribution in [2.24, 2.45) is 0 Å².